The smallest absolute Gasteiger partial charge is 0.181 e. The van der Waals surface area contributed by atoms with Gasteiger partial charge in [0, 0.05) is 11.5 Å². The minimum atomic E-state index is 0.518. The average Bonchev–Trinajstić information content (AvgIpc) is 2.89. The summed E-state index contributed by atoms with van der Waals surface area (Å²) in [5.74, 6) is 2.37. The Bertz CT molecular complexity index is 456. The molecule has 2 rings (SSSR count). The summed E-state index contributed by atoms with van der Waals surface area (Å²) in [5, 5.41) is 7.45. The first-order valence-corrected chi connectivity index (χ1v) is 6.82. The number of nitrogens with zero attached hydrogens (tertiary/aromatic N) is 2. The van der Waals surface area contributed by atoms with Gasteiger partial charge < -0.3 is 0 Å². The molecule has 1 N–H and O–H groups in total. The van der Waals surface area contributed by atoms with Crippen LogP contribution in [0.15, 0.2) is 30.3 Å². The summed E-state index contributed by atoms with van der Waals surface area (Å²) in [5.41, 5.74) is 1.08. The first-order chi connectivity index (χ1) is 8.85. The van der Waals surface area contributed by atoms with E-state index in [-0.39, 0.29) is 0 Å². The van der Waals surface area contributed by atoms with E-state index in [1.807, 2.05) is 30.3 Å². The summed E-state index contributed by atoms with van der Waals surface area (Å²) >= 11 is 0. The van der Waals surface area contributed by atoms with Crippen LogP contribution < -0.4 is 0 Å². The number of aromatic nitrogens is 3. The topological polar surface area (TPSA) is 41.6 Å². The molecule has 2 aromatic rings. The summed E-state index contributed by atoms with van der Waals surface area (Å²) < 4.78 is 0. The monoisotopic (exact) mass is 243 g/mol. The zero-order chi connectivity index (χ0) is 12.8. The Balaban J connectivity index is 2.18. The Hall–Kier alpha value is -1.64. The van der Waals surface area contributed by atoms with Gasteiger partial charge in [0.2, 0.25) is 0 Å². The molecule has 0 bridgehead atoms. The molecule has 1 aromatic carbocycles. The molecule has 96 valence electrons. The standard InChI is InChI=1S/C15H21N3/c1-3-8-12(9-4-2)14-16-15(18-17-14)13-10-6-5-7-11-13/h5-7,10-12H,3-4,8-9H2,1-2H3,(H,16,17,18). The van der Waals surface area contributed by atoms with Gasteiger partial charge in [-0.25, -0.2) is 4.98 Å². The number of hydrogen-bond donors (Lipinski definition) is 1. The molecule has 0 saturated carbocycles. The van der Waals surface area contributed by atoms with Crippen molar-refractivity contribution in [3.63, 3.8) is 0 Å². The molecule has 0 radical (unpaired) electrons. The lowest BCUT2D eigenvalue weighted by molar-refractivity contribution is 0.535. The van der Waals surface area contributed by atoms with Crippen LogP contribution in [0.4, 0.5) is 0 Å². The lowest BCUT2D eigenvalue weighted by atomic mass is 9.98. The highest BCUT2D eigenvalue weighted by atomic mass is 15.2. The van der Waals surface area contributed by atoms with Gasteiger partial charge in [0.1, 0.15) is 5.82 Å². The Morgan fingerprint density at radius 1 is 1.06 bits per heavy atom. The fourth-order valence-corrected chi connectivity index (χ4v) is 2.29. The number of H-pyrrole nitrogens is 1. The van der Waals surface area contributed by atoms with E-state index >= 15 is 0 Å². The quantitative estimate of drug-likeness (QED) is 0.827. The third kappa shape index (κ3) is 2.97. The number of nitrogens with one attached hydrogen (secondary N) is 1. The molecule has 3 nitrogen and oxygen atoms in total. The maximum absolute atomic E-state index is 4.65. The largest absolute Gasteiger partial charge is 0.262 e. The van der Waals surface area contributed by atoms with Gasteiger partial charge in [-0.15, -0.1) is 0 Å². The Kier molecular flexibility index (Phi) is 4.51. The molecule has 0 saturated heterocycles. The van der Waals surface area contributed by atoms with Crippen LogP contribution in [-0.4, -0.2) is 15.2 Å². The number of benzene rings is 1. The predicted molar refractivity (Wildman–Crippen MR) is 74.4 cm³/mol. The van der Waals surface area contributed by atoms with Crippen molar-refractivity contribution < 1.29 is 0 Å². The first-order valence-electron chi connectivity index (χ1n) is 6.82. The number of rotatable bonds is 6. The molecule has 0 amide bonds. The summed E-state index contributed by atoms with van der Waals surface area (Å²) in [6, 6.07) is 10.1. The predicted octanol–water partition coefficient (Wildman–Crippen LogP) is 4.16. The van der Waals surface area contributed by atoms with Gasteiger partial charge in [0.25, 0.3) is 0 Å². The van der Waals surface area contributed by atoms with Crippen molar-refractivity contribution >= 4 is 0 Å². The van der Waals surface area contributed by atoms with Crippen molar-refractivity contribution in [2.75, 3.05) is 0 Å². The summed E-state index contributed by atoms with van der Waals surface area (Å²) in [4.78, 5) is 4.65. The lowest BCUT2D eigenvalue weighted by Gasteiger charge is -2.10. The zero-order valence-electron chi connectivity index (χ0n) is 11.2. The molecule has 0 spiro atoms. The van der Waals surface area contributed by atoms with Gasteiger partial charge in [-0.2, -0.15) is 5.10 Å². The van der Waals surface area contributed by atoms with Crippen molar-refractivity contribution in [3.8, 4) is 11.4 Å². The van der Waals surface area contributed by atoms with Crippen molar-refractivity contribution in [2.45, 2.75) is 45.4 Å². The number of hydrogen-bond acceptors (Lipinski definition) is 2. The van der Waals surface area contributed by atoms with E-state index < -0.39 is 0 Å². The van der Waals surface area contributed by atoms with Crippen molar-refractivity contribution in [1.29, 1.82) is 0 Å². The lowest BCUT2D eigenvalue weighted by Crippen LogP contribution is -2.00. The zero-order valence-corrected chi connectivity index (χ0v) is 11.2. The molecule has 0 atom stereocenters. The van der Waals surface area contributed by atoms with Crippen molar-refractivity contribution in [1.82, 2.24) is 15.2 Å². The summed E-state index contributed by atoms with van der Waals surface area (Å²) in [7, 11) is 0. The first kappa shape index (κ1) is 12.8. The normalized spacial score (nSPS) is 11.1. The van der Waals surface area contributed by atoms with E-state index in [9.17, 15) is 0 Å². The van der Waals surface area contributed by atoms with Gasteiger partial charge in [0.05, 0.1) is 0 Å². The maximum Gasteiger partial charge on any atom is 0.181 e. The Morgan fingerprint density at radius 2 is 1.72 bits per heavy atom. The van der Waals surface area contributed by atoms with Crippen molar-refractivity contribution in [3.05, 3.63) is 36.2 Å². The van der Waals surface area contributed by atoms with Crippen LogP contribution in [0.25, 0.3) is 11.4 Å². The van der Waals surface area contributed by atoms with E-state index in [1.54, 1.807) is 0 Å². The van der Waals surface area contributed by atoms with Crippen LogP contribution in [-0.2, 0) is 0 Å². The molecule has 0 aliphatic rings. The third-order valence-corrected chi connectivity index (χ3v) is 3.20. The van der Waals surface area contributed by atoms with E-state index in [4.69, 9.17) is 0 Å². The minimum absolute atomic E-state index is 0.518. The summed E-state index contributed by atoms with van der Waals surface area (Å²) in [6.07, 6.45) is 4.73. The van der Waals surface area contributed by atoms with E-state index in [1.165, 1.54) is 25.7 Å². The molecule has 0 fully saturated rings. The van der Waals surface area contributed by atoms with Gasteiger partial charge in [0.15, 0.2) is 5.82 Å². The molecular formula is C15H21N3. The van der Waals surface area contributed by atoms with Gasteiger partial charge in [-0.1, -0.05) is 57.0 Å². The highest BCUT2D eigenvalue weighted by Crippen LogP contribution is 2.25. The van der Waals surface area contributed by atoms with E-state index in [0.717, 1.165) is 17.2 Å². The fraction of sp³-hybridized carbons (Fsp3) is 0.467. The van der Waals surface area contributed by atoms with Gasteiger partial charge in [-0.05, 0) is 12.8 Å². The SMILES string of the molecule is CCCC(CCC)c1nc(-c2ccccc2)n[nH]1. The molecule has 0 aliphatic carbocycles. The minimum Gasteiger partial charge on any atom is -0.262 e. The highest BCUT2D eigenvalue weighted by Gasteiger charge is 2.15. The third-order valence-electron chi connectivity index (χ3n) is 3.20. The van der Waals surface area contributed by atoms with Crippen LogP contribution >= 0.6 is 0 Å². The van der Waals surface area contributed by atoms with Crippen LogP contribution in [0.2, 0.25) is 0 Å². The second-order valence-corrected chi connectivity index (χ2v) is 4.68. The average molecular weight is 243 g/mol. The molecule has 18 heavy (non-hydrogen) atoms. The van der Waals surface area contributed by atoms with Crippen molar-refractivity contribution in [2.24, 2.45) is 0 Å². The second-order valence-electron chi connectivity index (χ2n) is 4.68. The van der Waals surface area contributed by atoms with Gasteiger partial charge >= 0.3 is 0 Å². The highest BCUT2D eigenvalue weighted by molar-refractivity contribution is 5.53. The molecule has 0 unspecified atom stereocenters. The molecular weight excluding hydrogens is 222 g/mol. The van der Waals surface area contributed by atoms with Gasteiger partial charge in [-0.3, -0.25) is 5.10 Å². The Labute approximate surface area is 109 Å². The van der Waals surface area contributed by atoms with Crippen LogP contribution in [0.5, 0.6) is 0 Å². The fourth-order valence-electron chi connectivity index (χ4n) is 2.29. The molecule has 0 aliphatic heterocycles. The van der Waals surface area contributed by atoms with Crippen LogP contribution in [0, 0.1) is 0 Å². The molecule has 1 aromatic heterocycles. The maximum atomic E-state index is 4.65. The summed E-state index contributed by atoms with van der Waals surface area (Å²) in [6.45, 7) is 4.44. The molecule has 3 heteroatoms. The van der Waals surface area contributed by atoms with Crippen LogP contribution in [0.3, 0.4) is 0 Å². The second kappa shape index (κ2) is 6.34. The molecule has 1 heterocycles. The Morgan fingerprint density at radius 3 is 2.33 bits per heavy atom. The van der Waals surface area contributed by atoms with E-state index in [0.29, 0.717) is 5.92 Å². The number of aromatic amines is 1. The van der Waals surface area contributed by atoms with Crippen LogP contribution in [0.1, 0.15) is 51.3 Å². The van der Waals surface area contributed by atoms with E-state index in [2.05, 4.69) is 29.0 Å².